The molecule has 0 amide bonds. The van der Waals surface area contributed by atoms with Gasteiger partial charge in [-0.1, -0.05) is 6.92 Å². The van der Waals surface area contributed by atoms with Crippen LogP contribution in [0.5, 0.6) is 0 Å². The largest absolute Gasteiger partial charge is 0.387 e. The molecule has 0 atom stereocenters. The number of nitrogens with zero attached hydrogens (tertiary/aromatic N) is 2. The average molecular weight is 213 g/mol. The van der Waals surface area contributed by atoms with Gasteiger partial charge >= 0.3 is 0 Å². The Balaban J connectivity index is 2.64. The third-order valence-corrected chi connectivity index (χ3v) is 2.69. The Morgan fingerprint density at radius 2 is 2.43 bits per heavy atom. The van der Waals surface area contributed by atoms with Gasteiger partial charge in [-0.2, -0.15) is 16.9 Å². The molecule has 0 aromatic carbocycles. The SMILES string of the molecule is CCSCCn1ncc(NC)cc1=O. The minimum Gasteiger partial charge on any atom is -0.387 e. The Bertz CT molecular complexity index is 337. The van der Waals surface area contributed by atoms with Gasteiger partial charge in [-0.3, -0.25) is 4.79 Å². The number of aryl methyl sites for hydroxylation is 1. The smallest absolute Gasteiger partial charge is 0.268 e. The summed E-state index contributed by atoms with van der Waals surface area (Å²) in [4.78, 5) is 11.4. The fourth-order valence-corrected chi connectivity index (χ4v) is 1.62. The highest BCUT2D eigenvalue weighted by atomic mass is 32.2. The summed E-state index contributed by atoms with van der Waals surface area (Å²) in [6.45, 7) is 2.78. The van der Waals surface area contributed by atoms with E-state index in [1.807, 2.05) is 0 Å². The molecule has 0 radical (unpaired) electrons. The van der Waals surface area contributed by atoms with Gasteiger partial charge in [-0.05, 0) is 5.75 Å². The molecule has 5 heteroatoms. The summed E-state index contributed by atoms with van der Waals surface area (Å²) in [7, 11) is 1.77. The van der Waals surface area contributed by atoms with Crippen molar-refractivity contribution >= 4 is 17.4 Å². The summed E-state index contributed by atoms with van der Waals surface area (Å²) in [5.74, 6) is 2.01. The molecule has 1 rings (SSSR count). The Hall–Kier alpha value is -0.970. The molecule has 0 aliphatic carbocycles. The summed E-state index contributed by atoms with van der Waals surface area (Å²) in [6, 6.07) is 1.56. The van der Waals surface area contributed by atoms with Crippen molar-refractivity contribution in [2.24, 2.45) is 0 Å². The molecule has 1 aromatic rings. The van der Waals surface area contributed by atoms with Gasteiger partial charge in [0.1, 0.15) is 0 Å². The highest BCUT2D eigenvalue weighted by molar-refractivity contribution is 7.99. The predicted molar refractivity (Wildman–Crippen MR) is 61.0 cm³/mol. The Kier molecular flexibility index (Phi) is 4.52. The summed E-state index contributed by atoms with van der Waals surface area (Å²) in [6.07, 6.45) is 1.66. The van der Waals surface area contributed by atoms with Crippen molar-refractivity contribution in [3.63, 3.8) is 0 Å². The fraction of sp³-hybridized carbons (Fsp3) is 0.556. The molecule has 0 aliphatic heterocycles. The molecule has 0 unspecified atom stereocenters. The van der Waals surface area contributed by atoms with E-state index in [1.165, 1.54) is 4.68 Å². The number of anilines is 1. The zero-order chi connectivity index (χ0) is 10.4. The van der Waals surface area contributed by atoms with Gasteiger partial charge in [0.15, 0.2) is 0 Å². The topological polar surface area (TPSA) is 46.9 Å². The monoisotopic (exact) mass is 213 g/mol. The van der Waals surface area contributed by atoms with Gasteiger partial charge in [0, 0.05) is 18.9 Å². The lowest BCUT2D eigenvalue weighted by molar-refractivity contribution is 0.622. The van der Waals surface area contributed by atoms with Crippen molar-refractivity contribution in [3.8, 4) is 0 Å². The maximum absolute atomic E-state index is 11.4. The Morgan fingerprint density at radius 3 is 3.00 bits per heavy atom. The van der Waals surface area contributed by atoms with Crippen LogP contribution in [0.15, 0.2) is 17.1 Å². The lowest BCUT2D eigenvalue weighted by Crippen LogP contribution is -2.23. The molecule has 0 bridgehead atoms. The Labute approximate surface area is 87.7 Å². The first kappa shape index (κ1) is 11.1. The predicted octanol–water partition coefficient (Wildman–Crippen LogP) is 1.04. The molecule has 0 saturated heterocycles. The maximum atomic E-state index is 11.4. The highest BCUT2D eigenvalue weighted by Crippen LogP contribution is 2.00. The first-order chi connectivity index (χ1) is 6.77. The van der Waals surface area contributed by atoms with Gasteiger partial charge in [0.05, 0.1) is 18.4 Å². The van der Waals surface area contributed by atoms with E-state index < -0.39 is 0 Å². The standard InChI is InChI=1S/C9H15N3OS/c1-3-14-5-4-12-9(13)6-8(10-2)7-11-12/h6-7,10H,3-5H2,1-2H3. The van der Waals surface area contributed by atoms with Crippen LogP contribution in [0.1, 0.15) is 6.92 Å². The van der Waals surface area contributed by atoms with Crippen molar-refractivity contribution in [1.82, 2.24) is 9.78 Å². The number of hydrogen-bond donors (Lipinski definition) is 1. The van der Waals surface area contributed by atoms with Crippen LogP contribution in [0.3, 0.4) is 0 Å². The summed E-state index contributed by atoms with van der Waals surface area (Å²) >= 11 is 1.81. The third kappa shape index (κ3) is 3.06. The fourth-order valence-electron chi connectivity index (χ4n) is 1.03. The van der Waals surface area contributed by atoms with E-state index >= 15 is 0 Å². The molecule has 14 heavy (non-hydrogen) atoms. The molecule has 1 N–H and O–H groups in total. The van der Waals surface area contributed by atoms with Crippen LogP contribution in [0, 0.1) is 0 Å². The Morgan fingerprint density at radius 1 is 1.64 bits per heavy atom. The van der Waals surface area contributed by atoms with E-state index in [0.29, 0.717) is 6.54 Å². The minimum atomic E-state index is -0.0476. The van der Waals surface area contributed by atoms with Gasteiger partial charge in [-0.25, -0.2) is 4.68 Å². The second kappa shape index (κ2) is 5.70. The summed E-state index contributed by atoms with van der Waals surface area (Å²) in [5.41, 5.74) is 0.711. The first-order valence-electron chi connectivity index (χ1n) is 4.60. The van der Waals surface area contributed by atoms with E-state index in [9.17, 15) is 4.79 Å². The number of rotatable bonds is 5. The molecule has 78 valence electrons. The van der Waals surface area contributed by atoms with E-state index in [4.69, 9.17) is 0 Å². The van der Waals surface area contributed by atoms with Gasteiger partial charge in [0.25, 0.3) is 5.56 Å². The quantitative estimate of drug-likeness (QED) is 0.742. The van der Waals surface area contributed by atoms with Crippen LogP contribution in [-0.4, -0.2) is 28.3 Å². The lowest BCUT2D eigenvalue weighted by Gasteiger charge is -2.04. The molecule has 0 aliphatic rings. The van der Waals surface area contributed by atoms with Crippen molar-refractivity contribution in [1.29, 1.82) is 0 Å². The van der Waals surface area contributed by atoms with Gasteiger partial charge in [0.2, 0.25) is 0 Å². The van der Waals surface area contributed by atoms with Crippen LogP contribution >= 0.6 is 11.8 Å². The number of hydrogen-bond acceptors (Lipinski definition) is 4. The molecule has 0 fully saturated rings. The van der Waals surface area contributed by atoms with Crippen LogP contribution in [-0.2, 0) is 6.54 Å². The van der Waals surface area contributed by atoms with Crippen molar-refractivity contribution in [2.45, 2.75) is 13.5 Å². The van der Waals surface area contributed by atoms with Crippen molar-refractivity contribution < 1.29 is 0 Å². The van der Waals surface area contributed by atoms with Crippen molar-refractivity contribution in [2.75, 3.05) is 23.9 Å². The molecule has 0 saturated carbocycles. The number of aromatic nitrogens is 2. The number of nitrogens with one attached hydrogen (secondary N) is 1. The molecule has 1 aromatic heterocycles. The van der Waals surface area contributed by atoms with Crippen LogP contribution in [0.25, 0.3) is 0 Å². The molecule has 0 spiro atoms. The van der Waals surface area contributed by atoms with E-state index in [1.54, 1.807) is 31.1 Å². The zero-order valence-electron chi connectivity index (χ0n) is 8.49. The lowest BCUT2D eigenvalue weighted by atomic mass is 10.5. The molecular weight excluding hydrogens is 198 g/mol. The van der Waals surface area contributed by atoms with E-state index in [2.05, 4.69) is 17.3 Å². The van der Waals surface area contributed by atoms with Crippen molar-refractivity contribution in [3.05, 3.63) is 22.6 Å². The van der Waals surface area contributed by atoms with Gasteiger partial charge in [-0.15, -0.1) is 0 Å². The summed E-state index contributed by atoms with van der Waals surface area (Å²) < 4.78 is 1.49. The zero-order valence-corrected chi connectivity index (χ0v) is 9.30. The average Bonchev–Trinajstić information content (AvgIpc) is 2.20. The first-order valence-corrected chi connectivity index (χ1v) is 5.76. The van der Waals surface area contributed by atoms with E-state index in [0.717, 1.165) is 17.2 Å². The van der Waals surface area contributed by atoms with Gasteiger partial charge < -0.3 is 5.32 Å². The maximum Gasteiger partial charge on any atom is 0.268 e. The summed E-state index contributed by atoms with van der Waals surface area (Å²) in [5, 5.41) is 6.93. The normalized spacial score (nSPS) is 10.1. The molecule has 1 heterocycles. The van der Waals surface area contributed by atoms with Crippen LogP contribution in [0.4, 0.5) is 5.69 Å². The second-order valence-electron chi connectivity index (χ2n) is 2.75. The molecule has 4 nitrogen and oxygen atoms in total. The van der Waals surface area contributed by atoms with Crippen LogP contribution in [0.2, 0.25) is 0 Å². The van der Waals surface area contributed by atoms with E-state index in [-0.39, 0.29) is 5.56 Å². The number of thioether (sulfide) groups is 1. The van der Waals surface area contributed by atoms with Crippen LogP contribution < -0.4 is 10.9 Å². The molecular formula is C9H15N3OS. The minimum absolute atomic E-state index is 0.0476. The highest BCUT2D eigenvalue weighted by Gasteiger charge is 1.97. The third-order valence-electron chi connectivity index (χ3n) is 1.81. The second-order valence-corrected chi connectivity index (χ2v) is 4.15.